The van der Waals surface area contributed by atoms with Crippen LogP contribution in [0.2, 0.25) is 5.02 Å². The number of hydrogen-bond donors (Lipinski definition) is 2. The Morgan fingerprint density at radius 3 is 2.24 bits per heavy atom. The van der Waals surface area contributed by atoms with E-state index in [1.165, 1.54) is 0 Å². The van der Waals surface area contributed by atoms with Gasteiger partial charge in [0.2, 0.25) is 10.0 Å². The zero-order chi connectivity index (χ0) is 18.7. The van der Waals surface area contributed by atoms with Crippen LogP contribution in [0.1, 0.15) is 22.8 Å². The minimum Gasteiger partial charge on any atom is -0.387 e. The van der Waals surface area contributed by atoms with E-state index in [1.54, 1.807) is 24.3 Å². The van der Waals surface area contributed by atoms with Gasteiger partial charge >= 0.3 is 6.18 Å². The minimum absolute atomic E-state index is 0.174. The van der Waals surface area contributed by atoms with Crippen molar-refractivity contribution < 1.29 is 26.7 Å². The first-order chi connectivity index (χ1) is 11.6. The zero-order valence-corrected chi connectivity index (χ0v) is 14.4. The molecule has 0 saturated carbocycles. The zero-order valence-electron chi connectivity index (χ0n) is 12.8. The molecule has 9 heteroatoms. The molecule has 0 aliphatic heterocycles. The van der Waals surface area contributed by atoms with E-state index in [0.717, 1.165) is 24.3 Å². The number of sulfonamides is 1. The smallest absolute Gasteiger partial charge is 0.387 e. The van der Waals surface area contributed by atoms with E-state index in [1.807, 2.05) is 0 Å². The second kappa shape index (κ2) is 7.74. The van der Waals surface area contributed by atoms with Crippen molar-refractivity contribution in [2.24, 2.45) is 0 Å². The van der Waals surface area contributed by atoms with Gasteiger partial charge in [0.1, 0.15) is 0 Å². The lowest BCUT2D eigenvalue weighted by atomic mass is 10.1. The number of aliphatic hydroxyl groups excluding tert-OH is 1. The van der Waals surface area contributed by atoms with E-state index >= 15 is 0 Å². The molecule has 2 N–H and O–H groups in total. The quantitative estimate of drug-likeness (QED) is 0.789. The molecule has 2 aromatic carbocycles. The summed E-state index contributed by atoms with van der Waals surface area (Å²) >= 11 is 5.91. The Hall–Kier alpha value is -1.61. The molecular formula is C16H15ClF3NO3S. The van der Waals surface area contributed by atoms with Crippen molar-refractivity contribution in [2.45, 2.75) is 18.0 Å². The third-order valence-corrected chi connectivity index (χ3v) is 5.09. The Morgan fingerprint density at radius 1 is 1.08 bits per heavy atom. The molecule has 0 unspecified atom stereocenters. The Bertz CT molecular complexity index is 823. The van der Waals surface area contributed by atoms with Crippen molar-refractivity contribution in [2.75, 3.05) is 6.54 Å². The van der Waals surface area contributed by atoms with Crippen molar-refractivity contribution in [1.82, 2.24) is 4.72 Å². The summed E-state index contributed by atoms with van der Waals surface area (Å²) in [7, 11) is -3.77. The molecule has 136 valence electrons. The van der Waals surface area contributed by atoms with Crippen molar-refractivity contribution >= 4 is 21.6 Å². The monoisotopic (exact) mass is 393 g/mol. The predicted octanol–water partition coefficient (Wildman–Crippen LogP) is 3.51. The van der Waals surface area contributed by atoms with Crippen LogP contribution in [0.5, 0.6) is 0 Å². The van der Waals surface area contributed by atoms with Gasteiger partial charge in [-0.15, -0.1) is 0 Å². The van der Waals surface area contributed by atoms with Crippen LogP contribution in [0.25, 0.3) is 0 Å². The highest BCUT2D eigenvalue weighted by atomic mass is 35.5. The van der Waals surface area contributed by atoms with E-state index in [9.17, 15) is 26.7 Å². The maximum Gasteiger partial charge on any atom is 0.416 e. The van der Waals surface area contributed by atoms with Gasteiger partial charge in [-0.25, -0.2) is 13.1 Å². The van der Waals surface area contributed by atoms with E-state index in [4.69, 9.17) is 11.6 Å². The van der Waals surface area contributed by atoms with Crippen LogP contribution in [0, 0.1) is 0 Å². The van der Waals surface area contributed by atoms with Crippen molar-refractivity contribution in [3.05, 3.63) is 70.2 Å². The Morgan fingerprint density at radius 2 is 1.68 bits per heavy atom. The molecule has 0 saturated heterocycles. The summed E-state index contributed by atoms with van der Waals surface area (Å²) in [5, 5.41) is 10.3. The van der Waals surface area contributed by atoms with Gasteiger partial charge in [-0.05, 0) is 29.3 Å². The van der Waals surface area contributed by atoms with Crippen LogP contribution < -0.4 is 4.72 Å². The van der Waals surface area contributed by atoms with E-state index in [0.29, 0.717) is 10.6 Å². The Labute approximate surface area is 148 Å². The number of aliphatic hydroxyl groups is 1. The maximum absolute atomic E-state index is 12.5. The van der Waals surface area contributed by atoms with Crippen LogP contribution in [0.4, 0.5) is 13.2 Å². The van der Waals surface area contributed by atoms with Crippen LogP contribution in [0.3, 0.4) is 0 Å². The average molecular weight is 394 g/mol. The van der Waals surface area contributed by atoms with Gasteiger partial charge < -0.3 is 5.11 Å². The molecule has 0 spiro atoms. The summed E-state index contributed by atoms with van der Waals surface area (Å²) in [4.78, 5) is 0. The summed E-state index contributed by atoms with van der Waals surface area (Å²) in [6, 6.07) is 10.3. The van der Waals surface area contributed by atoms with Gasteiger partial charge in [-0.2, -0.15) is 13.2 Å². The van der Waals surface area contributed by atoms with Crippen molar-refractivity contribution in [3.63, 3.8) is 0 Å². The summed E-state index contributed by atoms with van der Waals surface area (Å²) in [6.07, 6.45) is -5.75. The number of halogens is 4. The molecule has 0 fully saturated rings. The number of hydrogen-bond acceptors (Lipinski definition) is 3. The highest BCUT2D eigenvalue weighted by Gasteiger charge is 2.30. The van der Waals surface area contributed by atoms with Gasteiger partial charge in [0.05, 0.1) is 17.4 Å². The topological polar surface area (TPSA) is 66.4 Å². The maximum atomic E-state index is 12.5. The van der Waals surface area contributed by atoms with Crippen LogP contribution in [-0.4, -0.2) is 20.1 Å². The SMILES string of the molecule is O=S(=O)(Cc1ccccc1Cl)NC[C@@H](O)c1ccc(C(F)(F)F)cc1. The molecule has 0 amide bonds. The van der Waals surface area contributed by atoms with Crippen molar-refractivity contribution in [1.29, 1.82) is 0 Å². The second-order valence-electron chi connectivity index (χ2n) is 5.33. The highest BCUT2D eigenvalue weighted by Crippen LogP contribution is 2.29. The normalized spacial score (nSPS) is 13.6. The van der Waals surface area contributed by atoms with Gasteiger partial charge in [-0.3, -0.25) is 0 Å². The molecule has 2 aromatic rings. The summed E-state index contributed by atoms with van der Waals surface area (Å²) < 4.78 is 63.8. The summed E-state index contributed by atoms with van der Waals surface area (Å²) in [5.41, 5.74) is -0.267. The first-order valence-corrected chi connectivity index (χ1v) is 9.17. The molecule has 0 aromatic heterocycles. The number of alkyl halides is 3. The number of benzene rings is 2. The molecule has 0 radical (unpaired) electrons. The average Bonchev–Trinajstić information content (AvgIpc) is 2.54. The standard InChI is InChI=1S/C16H15ClF3NO3S/c17-14-4-2-1-3-12(14)10-25(23,24)21-9-15(22)11-5-7-13(8-6-11)16(18,19)20/h1-8,15,21-22H,9-10H2/t15-/m1/s1. The van der Waals surface area contributed by atoms with Crippen LogP contribution >= 0.6 is 11.6 Å². The molecule has 0 aliphatic carbocycles. The molecule has 2 rings (SSSR count). The van der Waals surface area contributed by atoms with Gasteiger partial charge in [0.25, 0.3) is 0 Å². The molecule has 25 heavy (non-hydrogen) atoms. The lowest BCUT2D eigenvalue weighted by Gasteiger charge is -2.14. The number of rotatable bonds is 6. The predicted molar refractivity (Wildman–Crippen MR) is 88.5 cm³/mol. The fraction of sp³-hybridized carbons (Fsp3) is 0.250. The molecule has 0 aliphatic rings. The fourth-order valence-electron chi connectivity index (χ4n) is 2.09. The van der Waals surface area contributed by atoms with Gasteiger partial charge in [0, 0.05) is 11.6 Å². The first-order valence-electron chi connectivity index (χ1n) is 7.14. The summed E-state index contributed by atoms with van der Waals surface area (Å²) in [6.45, 7) is -0.363. The Balaban J connectivity index is 1.99. The van der Waals surface area contributed by atoms with E-state index < -0.39 is 27.9 Å². The Kier molecular flexibility index (Phi) is 6.10. The summed E-state index contributed by atoms with van der Waals surface area (Å²) in [5.74, 6) is -0.369. The second-order valence-corrected chi connectivity index (χ2v) is 7.55. The highest BCUT2D eigenvalue weighted by molar-refractivity contribution is 7.88. The molecule has 4 nitrogen and oxygen atoms in total. The van der Waals surface area contributed by atoms with Gasteiger partial charge in [-0.1, -0.05) is 41.9 Å². The first kappa shape index (κ1) is 19.7. The molecule has 0 heterocycles. The van der Waals surface area contributed by atoms with E-state index in [-0.39, 0.29) is 17.9 Å². The molecule has 0 bridgehead atoms. The third-order valence-electron chi connectivity index (χ3n) is 3.42. The van der Waals surface area contributed by atoms with E-state index in [2.05, 4.69) is 4.72 Å². The lowest BCUT2D eigenvalue weighted by molar-refractivity contribution is -0.137. The minimum atomic E-state index is -4.47. The molecular weight excluding hydrogens is 379 g/mol. The van der Waals surface area contributed by atoms with Gasteiger partial charge in [0.15, 0.2) is 0 Å². The number of nitrogens with one attached hydrogen (secondary N) is 1. The van der Waals surface area contributed by atoms with Crippen LogP contribution in [0.15, 0.2) is 48.5 Å². The largest absolute Gasteiger partial charge is 0.416 e. The third kappa shape index (κ3) is 5.71. The molecule has 1 atom stereocenters. The fourth-order valence-corrected chi connectivity index (χ4v) is 3.55. The lowest BCUT2D eigenvalue weighted by Crippen LogP contribution is -2.29. The van der Waals surface area contributed by atoms with Crippen LogP contribution in [-0.2, 0) is 22.0 Å². The van der Waals surface area contributed by atoms with Crippen molar-refractivity contribution in [3.8, 4) is 0 Å².